The van der Waals surface area contributed by atoms with E-state index in [1.54, 1.807) is 0 Å². The molecule has 0 saturated carbocycles. The Morgan fingerprint density at radius 2 is 1.70 bits per heavy atom. The Balaban J connectivity index is 1.33. The second-order valence-electron chi connectivity index (χ2n) is 11.5. The van der Waals surface area contributed by atoms with Crippen LogP contribution in [0.1, 0.15) is 19.6 Å². The highest BCUT2D eigenvalue weighted by molar-refractivity contribution is 7.61. The Labute approximate surface area is 301 Å². The Kier molecular flexibility index (Phi) is 11.9. The third-order valence-corrected chi connectivity index (χ3v) is 10.8. The molecular weight excluding hydrogens is 799 g/mol. The zero-order valence-electron chi connectivity index (χ0n) is 27.2. The van der Waals surface area contributed by atoms with E-state index in [1.807, 2.05) is 0 Å². The summed E-state index contributed by atoms with van der Waals surface area (Å²) in [5.41, 5.74) is 10.9. The fourth-order valence-corrected chi connectivity index (χ4v) is 7.91. The van der Waals surface area contributed by atoms with E-state index in [0.29, 0.717) is 6.92 Å². The molecule has 2 fully saturated rings. The van der Waals surface area contributed by atoms with Crippen molar-refractivity contribution in [2.75, 3.05) is 18.9 Å². The predicted octanol–water partition coefficient (Wildman–Crippen LogP) is -3.11. The van der Waals surface area contributed by atoms with Crippen molar-refractivity contribution < 1.29 is 95.1 Å². The number of aliphatic hydroxyl groups excluding tert-OH is 3. The van der Waals surface area contributed by atoms with Gasteiger partial charge in [0.15, 0.2) is 30.0 Å². The van der Waals surface area contributed by atoms with Gasteiger partial charge in [-0.3, -0.25) is 27.7 Å². The molecule has 3 aliphatic heterocycles. The van der Waals surface area contributed by atoms with Crippen molar-refractivity contribution >= 4 is 58.1 Å². The van der Waals surface area contributed by atoms with Crippen molar-refractivity contribution in [2.24, 2.45) is 5.73 Å². The number of hydrogen-bond acceptors (Lipinski definition) is 21. The van der Waals surface area contributed by atoms with Gasteiger partial charge in [0.1, 0.15) is 42.9 Å². The summed E-state index contributed by atoms with van der Waals surface area (Å²) in [6.07, 6.45) is -7.10. The van der Waals surface area contributed by atoms with Crippen LogP contribution in [-0.4, -0.2) is 133 Å². The molecule has 54 heavy (non-hydrogen) atoms. The number of aromatic nitrogens is 4. The standard InChI is InChI=1S/C24H32N7O20P3/c1-10(32)23(37)49-24(17(35)16(50-52(38,39)40)22(48-24)31-9-29-13-18(25)27-8-28-20(13)31)7-46-54(43,44)51-53(41,42)45-6-12-14(33)15(34)21(47-12)30-4-2-3-11(5-30)19(26)36/h2,4-5,8-9,12,14-17,21-22,33-35H,3,6-7H2,1H3,(H2,26,36)(H,41,42)(H,43,44)(H2,25,27,28)(H2,38,39,40)/t12-,14-,15-,16-,17-,21-,22-,24-/m1/s1. The van der Waals surface area contributed by atoms with Crippen molar-refractivity contribution in [1.29, 1.82) is 0 Å². The lowest BCUT2D eigenvalue weighted by Gasteiger charge is -2.31. The third-order valence-electron chi connectivity index (χ3n) is 7.74. The van der Waals surface area contributed by atoms with Crippen LogP contribution in [-0.2, 0) is 60.2 Å². The summed E-state index contributed by atoms with van der Waals surface area (Å²) in [5.74, 6) is -7.25. The third kappa shape index (κ3) is 9.09. The maximum atomic E-state index is 12.9. The second-order valence-corrected chi connectivity index (χ2v) is 15.8. The quantitative estimate of drug-likeness (QED) is 0.0487. The molecule has 10 atom stereocenters. The van der Waals surface area contributed by atoms with E-state index in [2.05, 4.69) is 28.3 Å². The number of aliphatic hydroxyl groups is 3. The number of Topliss-reactive ketones (excluding diaryl/α,β-unsaturated/α-hetero) is 1. The molecule has 27 nitrogen and oxygen atoms in total. The molecule has 1 amide bonds. The highest BCUT2D eigenvalue weighted by atomic mass is 31.3. The molecule has 2 saturated heterocycles. The van der Waals surface area contributed by atoms with Crippen LogP contribution in [0, 0.1) is 0 Å². The molecule has 2 aromatic rings. The zero-order valence-corrected chi connectivity index (χ0v) is 29.9. The molecule has 2 unspecified atom stereocenters. The molecule has 0 bridgehead atoms. The Bertz CT molecular complexity index is 2010. The topological polar surface area (TPSA) is 408 Å². The first kappa shape index (κ1) is 41.6. The number of nitrogens with two attached hydrogens (primary N) is 2. The van der Waals surface area contributed by atoms with Crippen molar-refractivity contribution in [1.82, 2.24) is 24.4 Å². The monoisotopic (exact) mass is 831 g/mol. The van der Waals surface area contributed by atoms with Gasteiger partial charge in [0.25, 0.3) is 5.79 Å². The van der Waals surface area contributed by atoms with Crippen LogP contribution in [0.2, 0.25) is 0 Å². The number of ketones is 1. The molecule has 2 aromatic heterocycles. The summed E-state index contributed by atoms with van der Waals surface area (Å²) < 4.78 is 72.8. The van der Waals surface area contributed by atoms with E-state index in [1.165, 1.54) is 23.4 Å². The number of rotatable bonds is 15. The van der Waals surface area contributed by atoms with Crippen LogP contribution in [0.5, 0.6) is 0 Å². The molecule has 5 heterocycles. The first-order valence-electron chi connectivity index (χ1n) is 14.9. The van der Waals surface area contributed by atoms with Gasteiger partial charge in [-0.25, -0.2) is 33.4 Å². The lowest BCUT2D eigenvalue weighted by Crippen LogP contribution is -2.51. The SMILES string of the molecule is CC(=O)C(=O)O[C@@]1(COP(=O)(O)OP(=O)(O)OC[C@H]2O[C@@H](N3C=CCC(C(N)=O)=C3)[C@H](O)[C@@H]2O)O[C@@H](n2cnc3c(N)ncnc32)[C@H](OP(=O)(O)O)[C@H]1O. The molecule has 298 valence electrons. The minimum Gasteiger partial charge on any atom is -0.422 e. The van der Waals surface area contributed by atoms with E-state index >= 15 is 0 Å². The summed E-state index contributed by atoms with van der Waals surface area (Å²) in [5, 5.41) is 32.2. The fourth-order valence-electron chi connectivity index (χ4n) is 5.28. The minimum atomic E-state index is -5.91. The van der Waals surface area contributed by atoms with Crippen LogP contribution in [0.25, 0.3) is 11.2 Å². The van der Waals surface area contributed by atoms with Crippen LogP contribution in [0.3, 0.4) is 0 Å². The van der Waals surface area contributed by atoms with Crippen LogP contribution >= 0.6 is 23.5 Å². The van der Waals surface area contributed by atoms with Gasteiger partial charge in [0.05, 0.1) is 12.9 Å². The molecule has 30 heteroatoms. The van der Waals surface area contributed by atoms with Gasteiger partial charge in [-0.05, 0) is 6.42 Å². The summed E-state index contributed by atoms with van der Waals surface area (Å²) in [6, 6.07) is 0. The lowest BCUT2D eigenvalue weighted by molar-refractivity contribution is -0.265. The fraction of sp³-hybridized carbons (Fsp3) is 0.500. The van der Waals surface area contributed by atoms with Crippen molar-refractivity contribution in [3.63, 3.8) is 0 Å². The van der Waals surface area contributed by atoms with Crippen molar-refractivity contribution in [3.8, 4) is 0 Å². The number of phosphoric ester groups is 3. The lowest BCUT2D eigenvalue weighted by atomic mass is 10.1. The maximum absolute atomic E-state index is 12.9. The van der Waals surface area contributed by atoms with E-state index in [4.69, 9.17) is 30.2 Å². The molecule has 3 aliphatic rings. The highest BCUT2D eigenvalue weighted by Crippen LogP contribution is 2.61. The van der Waals surface area contributed by atoms with Gasteiger partial charge in [0, 0.05) is 24.9 Å². The first-order chi connectivity index (χ1) is 25.0. The van der Waals surface area contributed by atoms with Crippen molar-refractivity contribution in [2.45, 2.75) is 62.1 Å². The van der Waals surface area contributed by atoms with E-state index in [-0.39, 0.29) is 29.0 Å². The van der Waals surface area contributed by atoms with Crippen molar-refractivity contribution in [3.05, 3.63) is 36.7 Å². The summed E-state index contributed by atoms with van der Waals surface area (Å²) in [4.78, 5) is 88.4. The average molecular weight is 831 g/mol. The van der Waals surface area contributed by atoms with E-state index in [9.17, 15) is 63.0 Å². The largest absolute Gasteiger partial charge is 0.481 e. The molecule has 0 spiro atoms. The maximum Gasteiger partial charge on any atom is 0.481 e. The Morgan fingerprint density at radius 3 is 2.35 bits per heavy atom. The number of imidazole rings is 1. The van der Waals surface area contributed by atoms with Gasteiger partial charge < -0.3 is 65.5 Å². The molecule has 11 N–H and O–H groups in total. The van der Waals surface area contributed by atoms with Crippen LogP contribution < -0.4 is 11.5 Å². The van der Waals surface area contributed by atoms with Gasteiger partial charge in [-0.1, -0.05) is 6.08 Å². The number of phosphoric acid groups is 3. The number of carbonyl (C=O) groups is 3. The van der Waals surface area contributed by atoms with Crippen LogP contribution in [0.4, 0.5) is 5.82 Å². The average Bonchev–Trinajstić information content (AvgIpc) is 3.71. The molecule has 5 rings (SSSR count). The number of allylic oxidation sites excluding steroid dienone is 1. The molecule has 0 radical (unpaired) electrons. The van der Waals surface area contributed by atoms with Gasteiger partial charge in [0.2, 0.25) is 11.7 Å². The highest BCUT2D eigenvalue weighted by Gasteiger charge is 2.62. The number of carbonyl (C=O) groups excluding carboxylic acids is 3. The first-order valence-corrected chi connectivity index (χ1v) is 19.4. The molecule has 0 aromatic carbocycles. The minimum absolute atomic E-state index is 0.0927. The van der Waals surface area contributed by atoms with Gasteiger partial charge in [-0.2, -0.15) is 4.31 Å². The number of nitrogen functional groups attached to an aromatic ring is 1. The normalized spacial score (nSPS) is 30.9. The molecule has 0 aliphatic carbocycles. The summed E-state index contributed by atoms with van der Waals surface area (Å²) in [7, 11) is -17.2. The summed E-state index contributed by atoms with van der Waals surface area (Å²) in [6.45, 7) is -2.04. The van der Waals surface area contributed by atoms with Crippen LogP contribution in [0.15, 0.2) is 36.7 Å². The number of anilines is 1. The van der Waals surface area contributed by atoms with Gasteiger partial charge in [-0.15, -0.1) is 0 Å². The Morgan fingerprint density at radius 1 is 1.02 bits per heavy atom. The number of esters is 1. The smallest absolute Gasteiger partial charge is 0.422 e. The Hall–Kier alpha value is -3.59. The summed E-state index contributed by atoms with van der Waals surface area (Å²) >= 11 is 0. The second kappa shape index (κ2) is 15.5. The number of primary amides is 1. The predicted molar refractivity (Wildman–Crippen MR) is 168 cm³/mol. The molecular formula is C24H32N7O20P3. The van der Waals surface area contributed by atoms with E-state index in [0.717, 1.165) is 17.2 Å². The number of amides is 1. The van der Waals surface area contributed by atoms with Gasteiger partial charge >= 0.3 is 29.4 Å². The number of nitrogens with zero attached hydrogens (tertiary/aromatic N) is 5. The zero-order chi connectivity index (χ0) is 40.0. The number of ether oxygens (including phenoxy) is 3. The van der Waals surface area contributed by atoms with E-state index < -0.39 is 103 Å². The number of hydrogen-bond donors (Lipinski definition) is 9. The number of fused-ring (bicyclic) bond motifs is 1.